The van der Waals surface area contributed by atoms with Crippen LogP contribution < -0.4 is 5.32 Å². The maximum atomic E-state index is 13.2. The van der Waals surface area contributed by atoms with Gasteiger partial charge in [0.2, 0.25) is 5.95 Å². The Kier molecular flexibility index (Phi) is 4.12. The number of nitrogens with zero attached hydrogens (tertiary/aromatic N) is 7. The molecule has 0 radical (unpaired) electrons. The van der Waals surface area contributed by atoms with Gasteiger partial charge in [-0.15, -0.1) is 10.2 Å². The number of hydrogen-bond acceptors (Lipinski definition) is 6. The van der Waals surface area contributed by atoms with Crippen LogP contribution in [0.5, 0.6) is 0 Å². The molecule has 10 heteroatoms. The molecule has 27 heavy (non-hydrogen) atoms. The summed E-state index contributed by atoms with van der Waals surface area (Å²) in [5.41, 5.74) is 1.60. The van der Waals surface area contributed by atoms with Crippen molar-refractivity contribution in [1.82, 2.24) is 34.5 Å². The second-order valence-electron chi connectivity index (χ2n) is 6.86. The van der Waals surface area contributed by atoms with Crippen LogP contribution in [0.25, 0.3) is 11.5 Å². The first-order valence-corrected chi connectivity index (χ1v) is 8.84. The van der Waals surface area contributed by atoms with Gasteiger partial charge in [-0.2, -0.15) is 5.10 Å². The summed E-state index contributed by atoms with van der Waals surface area (Å²) in [5, 5.41) is 15.6. The number of aromatic nitrogens is 7. The Balaban J connectivity index is 1.59. The quantitative estimate of drug-likeness (QED) is 0.712. The summed E-state index contributed by atoms with van der Waals surface area (Å²) in [4.78, 5) is 8.58. The topological polar surface area (TPSA) is 86.3 Å². The first-order valence-electron chi connectivity index (χ1n) is 8.84. The van der Waals surface area contributed by atoms with Crippen LogP contribution in [0, 0.1) is 0 Å². The monoisotopic (exact) mass is 374 g/mol. The molecule has 0 saturated heterocycles. The van der Waals surface area contributed by atoms with Crippen LogP contribution >= 0.6 is 0 Å². The molecule has 0 bridgehead atoms. The van der Waals surface area contributed by atoms with E-state index in [1.807, 2.05) is 17.6 Å². The summed E-state index contributed by atoms with van der Waals surface area (Å²) in [5.74, 6) is -0.868. The van der Waals surface area contributed by atoms with Crippen LogP contribution in [0.1, 0.15) is 44.8 Å². The van der Waals surface area contributed by atoms with Crippen molar-refractivity contribution in [2.75, 3.05) is 5.32 Å². The molecule has 3 aromatic rings. The Bertz CT molecular complexity index is 962. The molecule has 8 nitrogen and oxygen atoms in total. The molecule has 0 amide bonds. The molecule has 1 saturated carbocycles. The van der Waals surface area contributed by atoms with E-state index in [2.05, 4.69) is 44.4 Å². The number of anilines is 2. The van der Waals surface area contributed by atoms with Gasteiger partial charge in [0.25, 0.3) is 5.92 Å². The standard InChI is InChI=1S/C17H20F2N8/c1-4-26-15(12-7-11(10(2)3)20-9-21-12)23-24-16(26)22-14-5-6-27(25-14)13-8-17(13,18)19/h5-7,9-10,13H,4,8H2,1-3H3,(H,22,24,25). The van der Waals surface area contributed by atoms with Crippen LogP contribution in [0.15, 0.2) is 24.7 Å². The maximum Gasteiger partial charge on any atom is 0.272 e. The number of hydrogen-bond donors (Lipinski definition) is 1. The van der Waals surface area contributed by atoms with Crippen LogP contribution in [-0.4, -0.2) is 40.4 Å². The van der Waals surface area contributed by atoms with Crippen LogP contribution in [-0.2, 0) is 6.54 Å². The highest BCUT2D eigenvalue weighted by Crippen LogP contribution is 2.52. The summed E-state index contributed by atoms with van der Waals surface area (Å²) in [6.07, 6.45) is 2.89. The molecule has 1 aliphatic carbocycles. The van der Waals surface area contributed by atoms with E-state index in [1.165, 1.54) is 11.0 Å². The van der Waals surface area contributed by atoms with E-state index in [0.29, 0.717) is 29.8 Å². The van der Waals surface area contributed by atoms with Crippen LogP contribution in [0.4, 0.5) is 20.5 Å². The van der Waals surface area contributed by atoms with Gasteiger partial charge in [0.15, 0.2) is 11.6 Å². The smallest absolute Gasteiger partial charge is 0.272 e. The van der Waals surface area contributed by atoms with Crippen molar-refractivity contribution >= 4 is 11.8 Å². The minimum absolute atomic E-state index is 0.171. The zero-order valence-electron chi connectivity index (χ0n) is 15.3. The lowest BCUT2D eigenvalue weighted by molar-refractivity contribution is 0.0984. The lowest BCUT2D eigenvalue weighted by atomic mass is 10.1. The Morgan fingerprint density at radius 3 is 2.74 bits per heavy atom. The average molecular weight is 374 g/mol. The number of halogens is 2. The maximum absolute atomic E-state index is 13.2. The van der Waals surface area contributed by atoms with Gasteiger partial charge in [0.05, 0.1) is 0 Å². The summed E-state index contributed by atoms with van der Waals surface area (Å²) < 4.78 is 29.5. The highest BCUT2D eigenvalue weighted by Gasteiger charge is 2.59. The molecule has 4 rings (SSSR count). The molecule has 1 fully saturated rings. The molecular formula is C17H20F2N8. The van der Waals surface area contributed by atoms with Gasteiger partial charge >= 0.3 is 0 Å². The van der Waals surface area contributed by atoms with Crippen LogP contribution in [0.3, 0.4) is 0 Å². The van der Waals surface area contributed by atoms with Crippen molar-refractivity contribution in [3.63, 3.8) is 0 Å². The lowest BCUT2D eigenvalue weighted by Gasteiger charge is -2.09. The van der Waals surface area contributed by atoms with Crippen molar-refractivity contribution in [3.8, 4) is 11.5 Å². The van der Waals surface area contributed by atoms with Crippen molar-refractivity contribution in [3.05, 3.63) is 30.4 Å². The van der Waals surface area contributed by atoms with Gasteiger partial charge in [-0.05, 0) is 18.9 Å². The van der Waals surface area contributed by atoms with E-state index in [4.69, 9.17) is 0 Å². The Morgan fingerprint density at radius 2 is 2.07 bits per heavy atom. The summed E-state index contributed by atoms with van der Waals surface area (Å²) in [6.45, 7) is 6.69. The lowest BCUT2D eigenvalue weighted by Crippen LogP contribution is -2.07. The first kappa shape index (κ1) is 17.5. The third kappa shape index (κ3) is 3.26. The molecule has 0 spiro atoms. The highest BCUT2D eigenvalue weighted by atomic mass is 19.3. The molecule has 3 aromatic heterocycles. The van der Waals surface area contributed by atoms with E-state index in [-0.39, 0.29) is 12.3 Å². The largest absolute Gasteiger partial charge is 0.307 e. The molecule has 0 aromatic carbocycles. The Labute approximate surface area is 154 Å². The fourth-order valence-electron chi connectivity index (χ4n) is 2.87. The molecule has 1 aliphatic rings. The molecule has 0 aliphatic heterocycles. The van der Waals surface area contributed by atoms with E-state index in [9.17, 15) is 8.78 Å². The van der Waals surface area contributed by atoms with Crippen molar-refractivity contribution in [2.24, 2.45) is 0 Å². The van der Waals surface area contributed by atoms with E-state index in [1.54, 1.807) is 12.3 Å². The first-order chi connectivity index (χ1) is 12.9. The van der Waals surface area contributed by atoms with Gasteiger partial charge in [-0.25, -0.2) is 18.7 Å². The molecular weight excluding hydrogens is 354 g/mol. The Hall–Kier alpha value is -2.91. The Morgan fingerprint density at radius 1 is 1.30 bits per heavy atom. The number of rotatable bonds is 6. The van der Waals surface area contributed by atoms with Gasteiger partial charge in [0.1, 0.15) is 18.1 Å². The third-order valence-electron chi connectivity index (χ3n) is 4.54. The van der Waals surface area contributed by atoms with Crippen molar-refractivity contribution < 1.29 is 8.78 Å². The predicted octanol–water partition coefficient (Wildman–Crippen LogP) is 3.40. The van der Waals surface area contributed by atoms with Crippen molar-refractivity contribution in [2.45, 2.75) is 51.6 Å². The fourth-order valence-corrected chi connectivity index (χ4v) is 2.87. The highest BCUT2D eigenvalue weighted by molar-refractivity contribution is 5.56. The number of nitrogens with one attached hydrogen (secondary N) is 1. The molecule has 1 atom stereocenters. The van der Waals surface area contributed by atoms with E-state index >= 15 is 0 Å². The minimum atomic E-state index is -2.67. The second kappa shape index (κ2) is 6.36. The zero-order valence-corrected chi connectivity index (χ0v) is 15.3. The van der Waals surface area contributed by atoms with Gasteiger partial charge in [-0.3, -0.25) is 9.25 Å². The van der Waals surface area contributed by atoms with Crippen molar-refractivity contribution in [1.29, 1.82) is 0 Å². The number of alkyl halides is 2. The predicted molar refractivity (Wildman–Crippen MR) is 94.9 cm³/mol. The zero-order chi connectivity index (χ0) is 19.2. The van der Waals surface area contributed by atoms with E-state index in [0.717, 1.165) is 5.69 Å². The summed E-state index contributed by atoms with van der Waals surface area (Å²) in [6, 6.07) is 2.68. The SMILES string of the molecule is CCn1c(Nc2ccn(C3CC3(F)F)n2)nnc1-c1cc(C(C)C)ncn1. The van der Waals surface area contributed by atoms with Gasteiger partial charge in [-0.1, -0.05) is 13.8 Å². The summed E-state index contributed by atoms with van der Waals surface area (Å²) in [7, 11) is 0. The second-order valence-corrected chi connectivity index (χ2v) is 6.86. The third-order valence-corrected chi connectivity index (χ3v) is 4.54. The fraction of sp³-hybridized carbons (Fsp3) is 0.471. The van der Waals surface area contributed by atoms with Crippen LogP contribution in [0.2, 0.25) is 0 Å². The molecule has 1 unspecified atom stereocenters. The summed E-state index contributed by atoms with van der Waals surface area (Å²) >= 11 is 0. The van der Waals surface area contributed by atoms with Gasteiger partial charge in [0, 0.05) is 30.9 Å². The average Bonchev–Trinajstić information content (AvgIpc) is 3.02. The molecule has 142 valence electrons. The molecule has 3 heterocycles. The minimum Gasteiger partial charge on any atom is -0.307 e. The molecule has 1 N–H and O–H groups in total. The normalized spacial score (nSPS) is 18.1. The van der Waals surface area contributed by atoms with Gasteiger partial charge < -0.3 is 5.32 Å². The van der Waals surface area contributed by atoms with E-state index < -0.39 is 12.0 Å².